The average molecular weight is 402 g/mol. The van der Waals surface area contributed by atoms with Crippen LogP contribution in [0, 0.1) is 0 Å². The molecular weight excluding hydrogens is 372 g/mol. The van der Waals surface area contributed by atoms with E-state index in [2.05, 4.69) is 0 Å². The van der Waals surface area contributed by atoms with Crippen molar-refractivity contribution in [2.75, 3.05) is 0 Å². The van der Waals surface area contributed by atoms with Gasteiger partial charge in [-0.3, -0.25) is 0 Å². The summed E-state index contributed by atoms with van der Waals surface area (Å²) in [7, 11) is -4.64. The van der Waals surface area contributed by atoms with E-state index in [1.54, 1.807) is 0 Å². The van der Waals surface area contributed by atoms with Crippen LogP contribution in [0.2, 0.25) is 0 Å². The summed E-state index contributed by atoms with van der Waals surface area (Å²) in [6.07, 6.45) is 0. The molecule has 0 bridgehead atoms. The van der Waals surface area contributed by atoms with Crippen molar-refractivity contribution >= 4 is 118 Å². The summed E-state index contributed by atoms with van der Waals surface area (Å²) in [6.45, 7) is 0. The van der Waals surface area contributed by atoms with E-state index in [9.17, 15) is 0 Å². The van der Waals surface area contributed by atoms with E-state index in [1.807, 2.05) is 0 Å². The van der Waals surface area contributed by atoms with Crippen LogP contribution < -0.4 is 0 Å². The fourth-order valence-electron chi connectivity index (χ4n) is 0. The normalized spacial score (nSPS) is 2.95. The van der Waals surface area contributed by atoms with Crippen LogP contribution in [0.1, 0.15) is 0 Å². The molecule has 0 rings (SSSR count). The monoisotopic (exact) mass is 402 g/mol. The van der Waals surface area contributed by atoms with E-state index in [4.69, 9.17) is 19.2 Å². The van der Waals surface area contributed by atoms with Gasteiger partial charge in [-0.1, -0.05) is 0 Å². The van der Waals surface area contributed by atoms with E-state index in [-0.39, 0.29) is 176 Å². The van der Waals surface area contributed by atoms with Gasteiger partial charge in [0.05, 0.1) is 0 Å². The second-order valence-electron chi connectivity index (χ2n) is 0.513. The second kappa shape index (κ2) is 117. The Morgan fingerprint density at radius 3 is 0.450 bits per heavy atom. The number of hydrogen-bond acceptors (Lipinski definition) is 1. The van der Waals surface area contributed by atoms with Crippen molar-refractivity contribution in [2.45, 2.75) is 0 Å². The molecule has 20 heteroatoms. The molecule has 0 aromatic rings. The summed E-state index contributed by atoms with van der Waals surface area (Å²) < 4.78 is 8.88. The van der Waals surface area contributed by atoms with Gasteiger partial charge in [0.15, 0.2) is 0 Å². The summed E-state index contributed by atoms with van der Waals surface area (Å²) in [5.74, 6) is 0. The summed E-state index contributed by atoms with van der Waals surface area (Å²) in [4.78, 5) is 21.6. The molecule has 0 aromatic heterocycles. The van der Waals surface area contributed by atoms with Gasteiger partial charge in [-0.2, -0.15) is 0 Å². The van der Waals surface area contributed by atoms with E-state index in [0.717, 1.165) is 0 Å². The zero-order valence-electron chi connectivity index (χ0n) is 8.20. The van der Waals surface area contributed by atoms with Crippen LogP contribution in [0.5, 0.6) is 0 Å². The second-order valence-corrected chi connectivity index (χ2v) is 1.54. The zero-order valence-corrected chi connectivity index (χ0v) is 9.09. The van der Waals surface area contributed by atoms with Gasteiger partial charge in [0.25, 0.3) is 0 Å². The quantitative estimate of drug-likeness (QED) is 0.262. The predicted molar refractivity (Wildman–Crippen MR) is 79.1 cm³/mol. The van der Waals surface area contributed by atoms with Crippen molar-refractivity contribution in [1.82, 2.24) is 0 Å². The van der Waals surface area contributed by atoms with Crippen molar-refractivity contribution in [1.29, 1.82) is 0 Å². The third kappa shape index (κ3) is 819. The van der Waals surface area contributed by atoms with Gasteiger partial charge >= 0.3 is 118 Å². The van der Waals surface area contributed by atoms with Crippen molar-refractivity contribution in [3.63, 3.8) is 0 Å². The molecule has 0 amide bonds. The van der Waals surface area contributed by atoms with Crippen LogP contribution in [0.4, 0.5) is 0 Å². The Hall–Kier alpha value is 3.27. The number of phosphoric acid groups is 1. The first-order valence-corrected chi connectivity index (χ1v) is 2.35. The van der Waals surface area contributed by atoms with Gasteiger partial charge in [0.2, 0.25) is 0 Å². The Balaban J connectivity index is -0.000000000762. The fourth-order valence-corrected chi connectivity index (χ4v) is 0. The Morgan fingerprint density at radius 2 is 0.450 bits per heavy atom. The van der Waals surface area contributed by atoms with Crippen molar-refractivity contribution in [2.24, 2.45) is 0 Å². The van der Waals surface area contributed by atoms with Crippen LogP contribution in [0.15, 0.2) is 0 Å². The van der Waals surface area contributed by atoms with E-state index >= 15 is 0 Å². The Kier molecular flexibility index (Phi) is 1280. The molecule has 0 atom stereocenters. The summed E-state index contributed by atoms with van der Waals surface area (Å²) in [5.41, 5.74) is 0. The van der Waals surface area contributed by atoms with E-state index in [0.29, 0.717) is 0 Å². The van der Waals surface area contributed by atoms with E-state index < -0.39 is 7.82 Å². The van der Waals surface area contributed by atoms with Gasteiger partial charge in [-0.05, 0) is 0 Å². The fraction of sp³-hybridized carbons (Fsp3) is 0. The zero-order chi connectivity index (χ0) is 4.50. The molecule has 0 unspecified atom stereocenters. The number of rotatable bonds is 0. The first kappa shape index (κ1) is 218. The number of hydrogen-bond donors (Lipinski definition) is 3. The van der Waals surface area contributed by atoms with E-state index in [1.165, 1.54) is 0 Å². The molecule has 0 aliphatic heterocycles. The van der Waals surface area contributed by atoms with Crippen molar-refractivity contribution in [3.8, 4) is 0 Å². The first-order chi connectivity index (χ1) is 2.00. The minimum atomic E-state index is -4.64. The maximum atomic E-state index is 8.88. The predicted octanol–water partition coefficient (Wildman–Crippen LogP) is -12.8. The van der Waals surface area contributed by atoms with Gasteiger partial charge in [0.1, 0.15) is 0 Å². The van der Waals surface area contributed by atoms with Gasteiger partial charge in [0, 0.05) is 0 Å². The van der Waals surface area contributed by atoms with Crippen LogP contribution >= 0.6 is 7.82 Å². The standard InChI is InChI=1S/K.2Na.H3O4P.12H2O.3H/c;;;1-5(2,3)4;;;;;;;;;;;;;;;/h;;;(H3,1,2,3,4);12*1H2;;;. The third-order valence-electron chi connectivity index (χ3n) is 0. The van der Waals surface area contributed by atoms with Gasteiger partial charge in [-0.15, -0.1) is 0 Å². The molecule has 0 aliphatic carbocycles. The molecule has 0 radical (unpaired) electrons. The Labute approximate surface area is 200 Å². The summed E-state index contributed by atoms with van der Waals surface area (Å²) >= 11 is 0. The molecule has 16 nitrogen and oxygen atoms in total. The van der Waals surface area contributed by atoms with Crippen LogP contribution in [-0.4, -0.2) is 191 Å². The molecule has 0 heterocycles. The van der Waals surface area contributed by atoms with Crippen LogP contribution in [0.3, 0.4) is 0 Å². The molecule has 134 valence electrons. The molecule has 0 aliphatic rings. The third-order valence-corrected chi connectivity index (χ3v) is 0. The maximum absolute atomic E-state index is 8.88. The van der Waals surface area contributed by atoms with Gasteiger partial charge < -0.3 is 80.4 Å². The van der Waals surface area contributed by atoms with Crippen molar-refractivity contribution < 1.29 is 85.0 Å². The van der Waals surface area contributed by atoms with Crippen molar-refractivity contribution in [3.05, 3.63) is 0 Å². The molecule has 0 saturated heterocycles. The minimum absolute atomic E-state index is 0. The molecular formula is H30KNa2O16P. The SMILES string of the molecule is O.O.O.O.O.O.O.O.O.O.O.O.O=P(O)(O)O.[KH].[NaH].[NaH]. The molecule has 0 aromatic carbocycles. The average Bonchev–Trinajstić information content (AvgIpc) is 0.722. The molecule has 0 spiro atoms. The van der Waals surface area contributed by atoms with Gasteiger partial charge in [-0.25, -0.2) is 4.57 Å². The van der Waals surface area contributed by atoms with Crippen LogP contribution in [-0.2, 0) is 4.57 Å². The molecule has 20 heavy (non-hydrogen) atoms. The Morgan fingerprint density at radius 1 is 0.450 bits per heavy atom. The molecule has 27 N–H and O–H groups in total. The van der Waals surface area contributed by atoms with Crippen LogP contribution in [0.25, 0.3) is 0 Å². The summed E-state index contributed by atoms with van der Waals surface area (Å²) in [6, 6.07) is 0. The topological polar surface area (TPSA) is 456 Å². The molecule has 0 saturated carbocycles. The Bertz CT molecular complexity index is 66.6. The first-order valence-electron chi connectivity index (χ1n) is 0.783. The molecule has 0 fully saturated rings. The summed E-state index contributed by atoms with van der Waals surface area (Å²) in [5, 5.41) is 0.